The minimum absolute atomic E-state index is 0.0182. The molecule has 0 spiro atoms. The van der Waals surface area contributed by atoms with Crippen molar-refractivity contribution in [1.29, 1.82) is 0 Å². The number of ketones is 1. The summed E-state index contributed by atoms with van der Waals surface area (Å²) in [5.41, 5.74) is 3.03. The molecule has 0 fully saturated rings. The molecule has 144 valence electrons. The van der Waals surface area contributed by atoms with Crippen LogP contribution in [0, 0.1) is 20.8 Å². The van der Waals surface area contributed by atoms with E-state index in [1.54, 1.807) is 23.1 Å². The lowest BCUT2D eigenvalue weighted by Gasteiger charge is -2.23. The fourth-order valence-electron chi connectivity index (χ4n) is 3.74. The van der Waals surface area contributed by atoms with E-state index in [1.807, 2.05) is 51.1 Å². The summed E-state index contributed by atoms with van der Waals surface area (Å²) >= 11 is 1.60. The minimum Gasteiger partial charge on any atom is -0.497 e. The molecule has 0 saturated carbocycles. The van der Waals surface area contributed by atoms with E-state index < -0.39 is 5.92 Å². The van der Waals surface area contributed by atoms with Crippen molar-refractivity contribution in [2.24, 2.45) is 0 Å². The van der Waals surface area contributed by atoms with Gasteiger partial charge in [-0.1, -0.05) is 0 Å². The number of rotatable bonds is 4. The second kappa shape index (κ2) is 6.91. The first-order valence-electron chi connectivity index (χ1n) is 9.04. The maximum absolute atomic E-state index is 13.3. The number of aryl methyl sites for hydroxylation is 3. The molecule has 0 saturated heterocycles. The van der Waals surface area contributed by atoms with Gasteiger partial charge in [-0.15, -0.1) is 11.3 Å². The molecular formula is C21H21N3O3S. The number of fused-ring (bicyclic) bond motifs is 1. The van der Waals surface area contributed by atoms with Crippen molar-refractivity contribution in [3.05, 3.63) is 56.9 Å². The van der Waals surface area contributed by atoms with Crippen LogP contribution in [0.1, 0.15) is 43.7 Å². The van der Waals surface area contributed by atoms with Crippen molar-refractivity contribution in [3.8, 4) is 11.4 Å². The highest BCUT2D eigenvalue weighted by Gasteiger charge is 2.37. The summed E-state index contributed by atoms with van der Waals surface area (Å²) in [7, 11) is 1.61. The van der Waals surface area contributed by atoms with Gasteiger partial charge in [-0.25, -0.2) is 4.68 Å². The average molecular weight is 395 g/mol. The van der Waals surface area contributed by atoms with Crippen LogP contribution >= 0.6 is 11.3 Å². The van der Waals surface area contributed by atoms with Crippen LogP contribution in [0.15, 0.2) is 30.3 Å². The standard InChI is InChI=1S/C21H21N3O3S/c1-11-9-16(13(3)28-11)20(26)17-10-18(25)22-21-19(17)12(2)23-24(21)14-5-7-15(27-4)8-6-14/h5-9,17H,10H2,1-4H3,(H,22,25). The minimum atomic E-state index is -0.525. The van der Waals surface area contributed by atoms with Crippen molar-refractivity contribution in [2.75, 3.05) is 12.4 Å². The molecule has 6 nitrogen and oxygen atoms in total. The van der Waals surface area contributed by atoms with Crippen LogP contribution in [0.3, 0.4) is 0 Å². The number of Topliss-reactive ketones (excluding diaryl/α,β-unsaturated/α-hetero) is 1. The van der Waals surface area contributed by atoms with Crippen LogP contribution in [-0.2, 0) is 4.79 Å². The van der Waals surface area contributed by atoms with Crippen LogP contribution < -0.4 is 10.1 Å². The Morgan fingerprint density at radius 2 is 1.96 bits per heavy atom. The summed E-state index contributed by atoms with van der Waals surface area (Å²) < 4.78 is 6.90. The zero-order valence-electron chi connectivity index (χ0n) is 16.2. The fraction of sp³-hybridized carbons (Fsp3) is 0.286. The summed E-state index contributed by atoms with van der Waals surface area (Å²) in [6.07, 6.45) is 0.134. The number of carbonyl (C=O) groups is 2. The first-order valence-corrected chi connectivity index (χ1v) is 9.85. The molecule has 0 radical (unpaired) electrons. The van der Waals surface area contributed by atoms with Gasteiger partial charge in [0.25, 0.3) is 0 Å². The number of nitrogens with one attached hydrogen (secondary N) is 1. The fourth-order valence-corrected chi connectivity index (χ4v) is 4.67. The molecule has 1 aliphatic rings. The quantitative estimate of drug-likeness (QED) is 0.673. The molecular weight excluding hydrogens is 374 g/mol. The normalized spacial score (nSPS) is 15.9. The molecule has 1 amide bonds. The van der Waals surface area contributed by atoms with E-state index in [0.29, 0.717) is 11.4 Å². The van der Waals surface area contributed by atoms with Gasteiger partial charge < -0.3 is 10.1 Å². The Hall–Kier alpha value is -2.93. The highest BCUT2D eigenvalue weighted by Crippen LogP contribution is 2.39. The van der Waals surface area contributed by atoms with Crippen molar-refractivity contribution < 1.29 is 14.3 Å². The molecule has 0 aliphatic carbocycles. The van der Waals surface area contributed by atoms with Crippen molar-refractivity contribution in [2.45, 2.75) is 33.1 Å². The molecule has 3 aromatic rings. The lowest BCUT2D eigenvalue weighted by molar-refractivity contribution is -0.116. The van der Waals surface area contributed by atoms with Crippen molar-refractivity contribution >= 4 is 28.8 Å². The number of carbonyl (C=O) groups excluding carboxylic acids is 2. The van der Waals surface area contributed by atoms with Gasteiger partial charge >= 0.3 is 0 Å². The number of benzene rings is 1. The lowest BCUT2D eigenvalue weighted by atomic mass is 9.85. The first-order chi connectivity index (χ1) is 13.4. The SMILES string of the molecule is COc1ccc(-n2nc(C)c3c2NC(=O)CC3C(=O)c2cc(C)sc2C)cc1. The van der Waals surface area contributed by atoms with Crippen LogP contribution in [-0.4, -0.2) is 28.6 Å². The zero-order chi connectivity index (χ0) is 20.0. The number of thiophene rings is 1. The molecule has 1 aromatic carbocycles. The molecule has 7 heteroatoms. The van der Waals surface area contributed by atoms with E-state index in [9.17, 15) is 9.59 Å². The van der Waals surface area contributed by atoms with Gasteiger partial charge in [-0.3, -0.25) is 9.59 Å². The first kappa shape index (κ1) is 18.4. The Balaban J connectivity index is 1.80. The third kappa shape index (κ3) is 3.01. The van der Waals surface area contributed by atoms with Crippen molar-refractivity contribution in [1.82, 2.24) is 9.78 Å². The number of anilines is 1. The molecule has 1 N–H and O–H groups in total. The zero-order valence-corrected chi connectivity index (χ0v) is 17.0. The molecule has 2 aromatic heterocycles. The number of ether oxygens (including phenoxy) is 1. The second-order valence-corrected chi connectivity index (χ2v) is 8.41. The van der Waals surface area contributed by atoms with Crippen LogP contribution in [0.2, 0.25) is 0 Å². The molecule has 4 rings (SSSR count). The van der Waals surface area contributed by atoms with Gasteiger partial charge in [0.15, 0.2) is 5.78 Å². The number of nitrogens with zero attached hydrogens (tertiary/aromatic N) is 2. The molecule has 1 atom stereocenters. The smallest absolute Gasteiger partial charge is 0.226 e. The number of methoxy groups -OCH3 is 1. The Morgan fingerprint density at radius 1 is 1.25 bits per heavy atom. The molecule has 1 aliphatic heterocycles. The van der Waals surface area contributed by atoms with Crippen LogP contribution in [0.5, 0.6) is 5.75 Å². The topological polar surface area (TPSA) is 73.2 Å². The van der Waals surface area contributed by atoms with Crippen LogP contribution in [0.4, 0.5) is 5.82 Å². The van der Waals surface area contributed by atoms with Crippen LogP contribution in [0.25, 0.3) is 5.69 Å². The molecule has 0 bridgehead atoms. The molecule has 1 unspecified atom stereocenters. The van der Waals surface area contributed by atoms with E-state index in [0.717, 1.165) is 32.4 Å². The van der Waals surface area contributed by atoms with Gasteiger partial charge in [0.2, 0.25) is 5.91 Å². The maximum atomic E-state index is 13.3. The predicted octanol–water partition coefficient (Wildman–Crippen LogP) is 4.18. The Labute approximate surface area is 167 Å². The van der Waals surface area contributed by atoms with E-state index in [4.69, 9.17) is 4.74 Å². The largest absolute Gasteiger partial charge is 0.497 e. The monoisotopic (exact) mass is 395 g/mol. The summed E-state index contributed by atoms with van der Waals surface area (Å²) in [5, 5.41) is 7.53. The van der Waals surface area contributed by atoms with Gasteiger partial charge in [0, 0.05) is 27.3 Å². The Kier molecular flexibility index (Phi) is 4.55. The van der Waals surface area contributed by atoms with E-state index >= 15 is 0 Å². The molecule has 28 heavy (non-hydrogen) atoms. The Bertz CT molecular complexity index is 1080. The highest BCUT2D eigenvalue weighted by atomic mass is 32.1. The van der Waals surface area contributed by atoms with Gasteiger partial charge in [-0.05, 0) is 51.1 Å². The predicted molar refractivity (Wildman–Crippen MR) is 109 cm³/mol. The summed E-state index contributed by atoms with van der Waals surface area (Å²) in [5.74, 6) is 0.590. The number of hydrogen-bond donors (Lipinski definition) is 1. The number of aromatic nitrogens is 2. The lowest BCUT2D eigenvalue weighted by Crippen LogP contribution is -2.28. The summed E-state index contributed by atoms with van der Waals surface area (Å²) in [4.78, 5) is 27.8. The number of hydrogen-bond acceptors (Lipinski definition) is 5. The van der Waals surface area contributed by atoms with E-state index in [1.165, 1.54) is 0 Å². The Morgan fingerprint density at radius 3 is 2.57 bits per heavy atom. The molecule has 3 heterocycles. The van der Waals surface area contributed by atoms with Gasteiger partial charge in [0.05, 0.1) is 24.4 Å². The van der Waals surface area contributed by atoms with Crippen molar-refractivity contribution in [3.63, 3.8) is 0 Å². The second-order valence-electron chi connectivity index (χ2n) is 6.95. The van der Waals surface area contributed by atoms with E-state index in [-0.39, 0.29) is 18.1 Å². The number of amides is 1. The third-order valence-corrected chi connectivity index (χ3v) is 6.01. The summed E-state index contributed by atoms with van der Waals surface area (Å²) in [6, 6.07) is 9.33. The maximum Gasteiger partial charge on any atom is 0.226 e. The average Bonchev–Trinajstić information content (AvgIpc) is 3.19. The van der Waals surface area contributed by atoms with Gasteiger partial charge in [0.1, 0.15) is 11.6 Å². The third-order valence-electron chi connectivity index (χ3n) is 5.04. The summed E-state index contributed by atoms with van der Waals surface area (Å²) in [6.45, 7) is 5.81. The highest BCUT2D eigenvalue weighted by molar-refractivity contribution is 7.12. The van der Waals surface area contributed by atoms with E-state index in [2.05, 4.69) is 10.4 Å². The van der Waals surface area contributed by atoms with Gasteiger partial charge in [-0.2, -0.15) is 5.10 Å².